The maximum absolute atomic E-state index is 12.6. The molecule has 0 bridgehead atoms. The first-order valence-corrected chi connectivity index (χ1v) is 10.3. The fraction of sp³-hybridized carbons (Fsp3) is 0.722. The second kappa shape index (κ2) is 11.3. The first kappa shape index (κ1) is 22.5. The molecule has 0 aromatic carbocycles. The van der Waals surface area contributed by atoms with Gasteiger partial charge >= 0.3 is 12.0 Å². The number of amides is 2. The number of hydrogen-bond acceptors (Lipinski definition) is 8. The van der Waals surface area contributed by atoms with Crippen molar-refractivity contribution < 1.29 is 24.1 Å². The van der Waals surface area contributed by atoms with E-state index in [9.17, 15) is 9.59 Å². The number of carbonyl (C=O) groups is 2. The van der Waals surface area contributed by atoms with E-state index in [4.69, 9.17) is 4.74 Å². The Kier molecular flexibility index (Phi) is 9.10. The summed E-state index contributed by atoms with van der Waals surface area (Å²) in [6, 6.07) is -1.15. The molecule has 0 spiro atoms. The molecule has 1 aliphatic heterocycles. The van der Waals surface area contributed by atoms with Crippen LogP contribution in [0.25, 0.3) is 0 Å². The Morgan fingerprint density at radius 1 is 1.39 bits per heavy atom. The van der Waals surface area contributed by atoms with Gasteiger partial charge in [-0.05, 0) is 6.42 Å². The minimum Gasteiger partial charge on any atom is -0.379 e. The van der Waals surface area contributed by atoms with Gasteiger partial charge in [-0.3, -0.25) is 9.79 Å². The number of nitrogens with one attached hydrogen (secondary N) is 1. The Labute approximate surface area is 169 Å². The molecule has 1 unspecified atom stereocenters. The summed E-state index contributed by atoms with van der Waals surface area (Å²) in [5.41, 5.74) is 0.829. The van der Waals surface area contributed by atoms with Crippen molar-refractivity contribution in [3.63, 3.8) is 0 Å². The summed E-state index contributed by atoms with van der Waals surface area (Å²) in [4.78, 5) is 42.1. The van der Waals surface area contributed by atoms with Crippen LogP contribution in [0, 0.1) is 0 Å². The van der Waals surface area contributed by atoms with Crippen LogP contribution in [-0.2, 0) is 25.9 Å². The topological polar surface area (TPSA) is 93.2 Å². The van der Waals surface area contributed by atoms with E-state index < -0.39 is 12.0 Å². The molecule has 28 heavy (non-hydrogen) atoms. The third kappa shape index (κ3) is 7.01. The van der Waals surface area contributed by atoms with E-state index in [1.807, 2.05) is 5.38 Å². The first-order valence-electron chi connectivity index (χ1n) is 9.41. The van der Waals surface area contributed by atoms with Crippen molar-refractivity contribution in [1.82, 2.24) is 20.1 Å². The van der Waals surface area contributed by atoms with Crippen molar-refractivity contribution in [1.29, 1.82) is 0 Å². The average Bonchev–Trinajstić information content (AvgIpc) is 3.14. The molecule has 1 fully saturated rings. The monoisotopic (exact) mass is 414 g/mol. The molecule has 0 radical (unpaired) electrons. The minimum absolute atomic E-state index is 0.353. The lowest BCUT2D eigenvalue weighted by atomic mass is 10.2. The van der Waals surface area contributed by atoms with Gasteiger partial charge in [-0.15, -0.1) is 11.3 Å². The van der Waals surface area contributed by atoms with Crippen LogP contribution in [0.2, 0.25) is 0 Å². The number of aromatic nitrogens is 1. The number of hydrogen-bond donors (Lipinski definition) is 1. The number of carbonyl (C=O) groups excluding carboxylic acids is 2. The molecule has 0 aliphatic carbocycles. The number of thiazole rings is 1. The summed E-state index contributed by atoms with van der Waals surface area (Å²) in [6.07, 6.45) is 0.427. The van der Waals surface area contributed by atoms with Crippen LogP contribution in [-0.4, -0.2) is 79.8 Å². The molecule has 10 heteroatoms. The molecule has 1 atom stereocenters. The van der Waals surface area contributed by atoms with Crippen LogP contribution in [0.5, 0.6) is 0 Å². The number of nitrogens with zero attached hydrogens (tertiary/aromatic N) is 3. The second-order valence-corrected chi connectivity index (χ2v) is 7.89. The Balaban J connectivity index is 1.90. The van der Waals surface area contributed by atoms with Gasteiger partial charge in [-0.1, -0.05) is 13.8 Å². The molecule has 1 saturated heterocycles. The Morgan fingerprint density at radius 2 is 2.11 bits per heavy atom. The molecule has 2 heterocycles. The molecule has 1 aromatic heterocycles. The van der Waals surface area contributed by atoms with Crippen molar-refractivity contribution in [3.05, 3.63) is 16.1 Å². The highest BCUT2D eigenvalue weighted by molar-refractivity contribution is 7.09. The van der Waals surface area contributed by atoms with Crippen molar-refractivity contribution in [2.24, 2.45) is 0 Å². The molecular weight excluding hydrogens is 384 g/mol. The maximum Gasteiger partial charge on any atom is 0.364 e. The predicted molar refractivity (Wildman–Crippen MR) is 105 cm³/mol. The van der Waals surface area contributed by atoms with Gasteiger partial charge in [-0.25, -0.2) is 14.6 Å². The first-order chi connectivity index (χ1) is 13.4. The van der Waals surface area contributed by atoms with Crippen LogP contribution >= 0.6 is 11.3 Å². The standard InChI is InChI=1S/C18H30N4O5S/c1-13(2)16-19-14(12-28-16)11-21(3)18(24)20-15(17(23)27-25-4)5-6-22-7-9-26-10-8-22/h12-13,15H,5-11H2,1-4H3,(H,20,24). The van der Waals surface area contributed by atoms with Gasteiger partial charge in [0, 0.05) is 38.0 Å². The van der Waals surface area contributed by atoms with Gasteiger partial charge in [0.2, 0.25) is 0 Å². The fourth-order valence-corrected chi connectivity index (χ4v) is 3.59. The van der Waals surface area contributed by atoms with Crippen LogP contribution < -0.4 is 5.32 Å². The summed E-state index contributed by atoms with van der Waals surface area (Å²) < 4.78 is 5.33. The summed E-state index contributed by atoms with van der Waals surface area (Å²) in [6.45, 7) is 8.15. The number of urea groups is 1. The molecule has 2 rings (SSSR count). The van der Waals surface area contributed by atoms with Crippen molar-refractivity contribution in [3.8, 4) is 0 Å². The van der Waals surface area contributed by atoms with Gasteiger partial charge in [0.05, 0.1) is 37.6 Å². The van der Waals surface area contributed by atoms with E-state index >= 15 is 0 Å². The largest absolute Gasteiger partial charge is 0.379 e. The number of ether oxygens (including phenoxy) is 1. The molecule has 158 valence electrons. The van der Waals surface area contributed by atoms with Crippen LogP contribution in [0.1, 0.15) is 36.9 Å². The zero-order valence-electron chi connectivity index (χ0n) is 17.0. The summed E-state index contributed by atoms with van der Waals surface area (Å²) >= 11 is 1.58. The zero-order chi connectivity index (χ0) is 20.5. The number of rotatable bonds is 9. The van der Waals surface area contributed by atoms with E-state index in [1.165, 1.54) is 12.0 Å². The van der Waals surface area contributed by atoms with E-state index in [0.717, 1.165) is 23.8 Å². The highest BCUT2D eigenvalue weighted by Crippen LogP contribution is 2.19. The Hall–Kier alpha value is -1.75. The summed E-state index contributed by atoms with van der Waals surface area (Å²) in [5, 5.41) is 5.73. The summed E-state index contributed by atoms with van der Waals surface area (Å²) in [7, 11) is 2.93. The smallest absolute Gasteiger partial charge is 0.364 e. The van der Waals surface area contributed by atoms with Gasteiger partial charge in [0.15, 0.2) is 0 Å². The quantitative estimate of drug-likeness (QED) is 0.485. The maximum atomic E-state index is 12.6. The lowest BCUT2D eigenvalue weighted by Crippen LogP contribution is -2.49. The van der Waals surface area contributed by atoms with Gasteiger partial charge < -0.3 is 15.0 Å². The molecule has 2 amide bonds. The van der Waals surface area contributed by atoms with Crippen molar-refractivity contribution in [2.45, 2.75) is 38.8 Å². The van der Waals surface area contributed by atoms with Gasteiger partial charge in [-0.2, -0.15) is 4.89 Å². The van der Waals surface area contributed by atoms with E-state index in [0.29, 0.717) is 38.6 Å². The fourth-order valence-electron chi connectivity index (χ4n) is 2.76. The van der Waals surface area contributed by atoms with Crippen molar-refractivity contribution in [2.75, 3.05) is 47.0 Å². The van der Waals surface area contributed by atoms with Gasteiger partial charge in [0.25, 0.3) is 0 Å². The van der Waals surface area contributed by atoms with E-state index in [2.05, 4.69) is 38.8 Å². The van der Waals surface area contributed by atoms with Crippen molar-refractivity contribution >= 4 is 23.3 Å². The van der Waals surface area contributed by atoms with Crippen LogP contribution in [0.15, 0.2) is 5.38 Å². The molecule has 1 aromatic rings. The average molecular weight is 415 g/mol. The highest BCUT2D eigenvalue weighted by Gasteiger charge is 2.26. The third-order valence-corrected chi connectivity index (χ3v) is 5.59. The van der Waals surface area contributed by atoms with E-state index in [1.54, 1.807) is 18.4 Å². The molecule has 1 N–H and O–H groups in total. The zero-order valence-corrected chi connectivity index (χ0v) is 17.8. The van der Waals surface area contributed by atoms with E-state index in [-0.39, 0.29) is 6.03 Å². The Morgan fingerprint density at radius 3 is 2.71 bits per heavy atom. The summed E-state index contributed by atoms with van der Waals surface area (Å²) in [5.74, 6) is -0.264. The van der Waals surface area contributed by atoms with Gasteiger partial charge in [0.1, 0.15) is 6.04 Å². The molecule has 9 nitrogen and oxygen atoms in total. The molecular formula is C18H30N4O5S. The highest BCUT2D eigenvalue weighted by atomic mass is 32.1. The Bertz CT molecular complexity index is 633. The second-order valence-electron chi connectivity index (χ2n) is 7.00. The lowest BCUT2D eigenvalue weighted by Gasteiger charge is -2.28. The lowest BCUT2D eigenvalue weighted by molar-refractivity contribution is -0.256. The van der Waals surface area contributed by atoms with Crippen LogP contribution in [0.3, 0.4) is 0 Å². The SMILES string of the molecule is COOC(=O)C(CCN1CCOCC1)NC(=O)N(C)Cc1csc(C(C)C)n1. The third-order valence-electron chi connectivity index (χ3n) is 4.39. The van der Waals surface area contributed by atoms with Crippen LogP contribution in [0.4, 0.5) is 4.79 Å². The predicted octanol–water partition coefficient (Wildman–Crippen LogP) is 1.60. The minimum atomic E-state index is -0.792. The molecule has 0 saturated carbocycles. The normalized spacial score (nSPS) is 16.0. The number of morpholine rings is 1. The molecule has 1 aliphatic rings.